The Morgan fingerprint density at radius 1 is 1.05 bits per heavy atom. The summed E-state index contributed by atoms with van der Waals surface area (Å²) in [6, 6.07) is 19.2. The van der Waals surface area contributed by atoms with Crippen LogP contribution in [0.3, 0.4) is 0 Å². The molecule has 0 radical (unpaired) electrons. The van der Waals surface area contributed by atoms with E-state index in [1.54, 1.807) is 0 Å². The lowest BCUT2D eigenvalue weighted by Crippen LogP contribution is -2.28. The van der Waals surface area contributed by atoms with Gasteiger partial charge in [0.2, 0.25) is 0 Å². The highest BCUT2D eigenvalue weighted by Gasteiger charge is 2.38. The molecule has 2 unspecified atom stereocenters. The van der Waals surface area contributed by atoms with Gasteiger partial charge in [-0.05, 0) is 42.9 Å². The molecule has 0 aromatic heterocycles. The molecule has 0 saturated carbocycles. The normalized spacial score (nSPS) is 23.1. The van der Waals surface area contributed by atoms with Crippen LogP contribution in [-0.2, 0) is 11.2 Å². The second kappa shape index (κ2) is 6.21. The minimum absolute atomic E-state index is 0.0780. The Hall–Kier alpha value is -1.31. The molecule has 1 aliphatic rings. The molecule has 1 aliphatic heterocycles. The maximum Gasteiger partial charge on any atom is 0.0872 e. The Labute approximate surface area is 131 Å². The number of benzene rings is 2. The van der Waals surface area contributed by atoms with E-state index in [9.17, 15) is 0 Å². The molecule has 0 bridgehead atoms. The zero-order valence-corrected chi connectivity index (χ0v) is 13.1. The average Bonchev–Trinajstić information content (AvgIpc) is 2.96. The molecular weight excluding hydrogens is 280 g/mol. The van der Waals surface area contributed by atoms with Crippen LogP contribution in [0, 0.1) is 0 Å². The van der Waals surface area contributed by atoms with Gasteiger partial charge >= 0.3 is 0 Å². The quantitative estimate of drug-likeness (QED) is 0.712. The van der Waals surface area contributed by atoms with E-state index < -0.39 is 0 Å². The smallest absolute Gasteiger partial charge is 0.0872 e. The number of ether oxygens (including phenoxy) is 1. The van der Waals surface area contributed by atoms with E-state index in [-0.39, 0.29) is 11.0 Å². The lowest BCUT2D eigenvalue weighted by molar-refractivity contribution is 0.0164. The van der Waals surface area contributed by atoms with Gasteiger partial charge in [0.1, 0.15) is 0 Å². The number of alkyl halides is 1. The number of hydrogen-bond acceptors (Lipinski definition) is 1. The van der Waals surface area contributed by atoms with Gasteiger partial charge in [-0.2, -0.15) is 0 Å². The van der Waals surface area contributed by atoms with Crippen molar-refractivity contribution in [3.63, 3.8) is 0 Å². The Morgan fingerprint density at radius 2 is 1.71 bits per heavy atom. The molecular formula is C19H21ClO. The molecule has 0 amide bonds. The molecule has 1 saturated heterocycles. The van der Waals surface area contributed by atoms with Crippen LogP contribution in [0.15, 0.2) is 54.6 Å². The topological polar surface area (TPSA) is 9.23 Å². The zero-order valence-electron chi connectivity index (χ0n) is 12.4. The zero-order chi connectivity index (χ0) is 14.7. The standard InChI is InChI=1S/C19H21ClO/c1-19(12-5-13-21-19)18(20)17-10-8-16(9-11-17)14-15-6-3-2-4-7-15/h2-4,6-11,18H,5,12-14H2,1H3. The third-order valence-corrected chi connectivity index (χ3v) is 5.02. The van der Waals surface area contributed by atoms with Crippen LogP contribution in [0.25, 0.3) is 0 Å². The van der Waals surface area contributed by atoms with E-state index in [2.05, 4.69) is 55.5 Å². The summed E-state index contributed by atoms with van der Waals surface area (Å²) in [5, 5.41) is -0.0780. The Bertz CT molecular complexity index is 570. The fraction of sp³-hybridized carbons (Fsp3) is 0.368. The van der Waals surface area contributed by atoms with Crippen LogP contribution >= 0.6 is 11.6 Å². The second-order valence-electron chi connectivity index (χ2n) is 6.03. The molecule has 110 valence electrons. The van der Waals surface area contributed by atoms with E-state index in [1.807, 2.05) is 6.07 Å². The summed E-state index contributed by atoms with van der Waals surface area (Å²) in [7, 11) is 0. The predicted octanol–water partition coefficient (Wildman–Crippen LogP) is 5.13. The molecule has 1 heterocycles. The van der Waals surface area contributed by atoms with E-state index in [0.717, 1.165) is 31.4 Å². The lowest BCUT2D eigenvalue weighted by atomic mass is 9.92. The molecule has 2 aromatic rings. The van der Waals surface area contributed by atoms with E-state index in [1.165, 1.54) is 11.1 Å². The van der Waals surface area contributed by atoms with Gasteiger partial charge in [0, 0.05) is 6.61 Å². The molecule has 0 N–H and O–H groups in total. The van der Waals surface area contributed by atoms with Crippen molar-refractivity contribution in [2.24, 2.45) is 0 Å². The van der Waals surface area contributed by atoms with Crippen LogP contribution in [0.4, 0.5) is 0 Å². The monoisotopic (exact) mass is 300 g/mol. The fourth-order valence-corrected chi connectivity index (χ4v) is 3.31. The van der Waals surface area contributed by atoms with Crippen LogP contribution in [-0.4, -0.2) is 12.2 Å². The van der Waals surface area contributed by atoms with Crippen molar-refractivity contribution in [1.82, 2.24) is 0 Å². The van der Waals surface area contributed by atoms with Crippen LogP contribution in [0.2, 0.25) is 0 Å². The van der Waals surface area contributed by atoms with E-state index in [0.29, 0.717) is 0 Å². The highest BCUT2D eigenvalue weighted by molar-refractivity contribution is 6.21. The SMILES string of the molecule is CC1(C(Cl)c2ccc(Cc3ccccc3)cc2)CCCO1. The van der Waals surface area contributed by atoms with Gasteiger partial charge in [0.15, 0.2) is 0 Å². The van der Waals surface area contributed by atoms with Crippen molar-refractivity contribution in [3.8, 4) is 0 Å². The summed E-state index contributed by atoms with van der Waals surface area (Å²) in [6.07, 6.45) is 3.10. The lowest BCUT2D eigenvalue weighted by Gasteiger charge is -2.29. The minimum atomic E-state index is -0.220. The van der Waals surface area contributed by atoms with Crippen LogP contribution in [0.5, 0.6) is 0 Å². The molecule has 2 atom stereocenters. The Morgan fingerprint density at radius 3 is 2.33 bits per heavy atom. The second-order valence-corrected chi connectivity index (χ2v) is 6.47. The first-order valence-electron chi connectivity index (χ1n) is 7.58. The number of rotatable bonds is 4. The summed E-state index contributed by atoms with van der Waals surface area (Å²) >= 11 is 6.64. The average molecular weight is 301 g/mol. The molecule has 0 aliphatic carbocycles. The summed E-state index contributed by atoms with van der Waals surface area (Å²) in [6.45, 7) is 2.95. The van der Waals surface area contributed by atoms with Crippen LogP contribution < -0.4 is 0 Å². The first-order valence-corrected chi connectivity index (χ1v) is 8.02. The maximum absolute atomic E-state index is 6.64. The van der Waals surface area contributed by atoms with Crippen molar-refractivity contribution in [1.29, 1.82) is 0 Å². The first-order chi connectivity index (χ1) is 10.2. The molecule has 1 fully saturated rings. The molecule has 0 spiro atoms. The van der Waals surface area contributed by atoms with Crippen molar-refractivity contribution in [2.45, 2.75) is 37.2 Å². The number of halogens is 1. The van der Waals surface area contributed by atoms with Crippen molar-refractivity contribution < 1.29 is 4.74 Å². The largest absolute Gasteiger partial charge is 0.373 e. The summed E-state index contributed by atoms with van der Waals surface area (Å²) in [5.41, 5.74) is 3.57. The third kappa shape index (κ3) is 3.30. The van der Waals surface area contributed by atoms with Crippen LogP contribution in [0.1, 0.15) is 41.8 Å². The molecule has 1 nitrogen and oxygen atoms in total. The van der Waals surface area contributed by atoms with Crippen molar-refractivity contribution >= 4 is 11.6 Å². The van der Waals surface area contributed by atoms with E-state index in [4.69, 9.17) is 16.3 Å². The fourth-order valence-electron chi connectivity index (χ4n) is 2.99. The Kier molecular flexibility index (Phi) is 4.32. The highest BCUT2D eigenvalue weighted by Crippen LogP contribution is 2.41. The van der Waals surface area contributed by atoms with Gasteiger partial charge in [0.05, 0.1) is 11.0 Å². The molecule has 3 rings (SSSR count). The number of hydrogen-bond donors (Lipinski definition) is 0. The molecule has 2 heteroatoms. The Balaban J connectivity index is 1.72. The van der Waals surface area contributed by atoms with Gasteiger partial charge in [-0.15, -0.1) is 11.6 Å². The van der Waals surface area contributed by atoms with Gasteiger partial charge in [-0.1, -0.05) is 54.6 Å². The summed E-state index contributed by atoms with van der Waals surface area (Å²) in [4.78, 5) is 0. The first kappa shape index (κ1) is 14.6. The molecule has 21 heavy (non-hydrogen) atoms. The predicted molar refractivity (Wildman–Crippen MR) is 87.9 cm³/mol. The van der Waals surface area contributed by atoms with E-state index >= 15 is 0 Å². The van der Waals surface area contributed by atoms with Gasteiger partial charge < -0.3 is 4.74 Å². The molecule has 2 aromatic carbocycles. The highest BCUT2D eigenvalue weighted by atomic mass is 35.5. The van der Waals surface area contributed by atoms with Crippen molar-refractivity contribution in [2.75, 3.05) is 6.61 Å². The van der Waals surface area contributed by atoms with Gasteiger partial charge in [0.25, 0.3) is 0 Å². The summed E-state index contributed by atoms with van der Waals surface area (Å²) < 4.78 is 5.85. The maximum atomic E-state index is 6.64. The van der Waals surface area contributed by atoms with Crippen molar-refractivity contribution in [3.05, 3.63) is 71.3 Å². The minimum Gasteiger partial charge on any atom is -0.373 e. The summed E-state index contributed by atoms with van der Waals surface area (Å²) in [5.74, 6) is 0. The van der Waals surface area contributed by atoms with Gasteiger partial charge in [-0.3, -0.25) is 0 Å². The third-order valence-electron chi connectivity index (χ3n) is 4.31. The van der Waals surface area contributed by atoms with Gasteiger partial charge in [-0.25, -0.2) is 0 Å².